The van der Waals surface area contributed by atoms with Gasteiger partial charge in [0.25, 0.3) is 5.91 Å². The minimum absolute atomic E-state index is 0.195. The number of amides is 2. The van der Waals surface area contributed by atoms with Crippen molar-refractivity contribution in [3.63, 3.8) is 0 Å². The number of hydrogen-bond acceptors (Lipinski definition) is 3. The molecule has 0 spiro atoms. The van der Waals surface area contributed by atoms with Gasteiger partial charge in [-0.2, -0.15) is 0 Å². The van der Waals surface area contributed by atoms with E-state index in [9.17, 15) is 14.4 Å². The van der Waals surface area contributed by atoms with Crippen molar-refractivity contribution in [3.05, 3.63) is 34.3 Å². The Kier molecular flexibility index (Phi) is 5.76. The normalized spacial score (nSPS) is 17.1. The summed E-state index contributed by atoms with van der Waals surface area (Å²) in [5.41, 5.74) is 0.522. The van der Waals surface area contributed by atoms with Crippen LogP contribution in [-0.4, -0.2) is 58.4 Å². The molecule has 0 radical (unpaired) electrons. The average molecular weight is 383 g/mol. The van der Waals surface area contributed by atoms with E-state index in [1.165, 1.54) is 4.90 Å². The number of likely N-dealkylation sites (N-methyl/N-ethyl adjacent to an activating group) is 1. The molecule has 7 heteroatoms. The maximum absolute atomic E-state index is 12.6. The summed E-state index contributed by atoms with van der Waals surface area (Å²) >= 11 is 3.32. The average Bonchev–Trinajstić information content (AvgIpc) is 3.01. The van der Waals surface area contributed by atoms with Gasteiger partial charge < -0.3 is 14.9 Å². The van der Waals surface area contributed by atoms with Crippen molar-refractivity contribution in [1.82, 2.24) is 9.80 Å². The molecule has 124 valence electrons. The second-order valence-electron chi connectivity index (χ2n) is 5.41. The van der Waals surface area contributed by atoms with Crippen molar-refractivity contribution in [2.45, 2.75) is 25.8 Å². The fraction of sp³-hybridized carbons (Fsp3) is 0.438. The van der Waals surface area contributed by atoms with Gasteiger partial charge in [-0.15, -0.1) is 0 Å². The standard InChI is InChI=1S/C16H19BrN2O4/c1-2-18(10-14(20)21)16(23)13-4-3-9-19(13)15(22)11-5-7-12(17)8-6-11/h5-8,13H,2-4,9-10H2,1H3,(H,20,21). The molecule has 0 saturated carbocycles. The lowest BCUT2D eigenvalue weighted by molar-refractivity contribution is -0.146. The minimum Gasteiger partial charge on any atom is -0.480 e. The molecular formula is C16H19BrN2O4. The molecule has 1 aromatic carbocycles. The molecule has 0 bridgehead atoms. The Balaban J connectivity index is 2.15. The number of carboxylic acids is 1. The first-order valence-corrected chi connectivity index (χ1v) is 8.30. The summed E-state index contributed by atoms with van der Waals surface area (Å²) in [6, 6.07) is 6.40. The highest BCUT2D eigenvalue weighted by Gasteiger charge is 2.36. The van der Waals surface area contributed by atoms with E-state index in [-0.39, 0.29) is 18.4 Å². The molecule has 23 heavy (non-hydrogen) atoms. The molecule has 1 N–H and O–H groups in total. The van der Waals surface area contributed by atoms with Crippen LogP contribution < -0.4 is 0 Å². The molecule has 2 amide bonds. The van der Waals surface area contributed by atoms with Gasteiger partial charge >= 0.3 is 5.97 Å². The van der Waals surface area contributed by atoms with Crippen LogP contribution in [0.4, 0.5) is 0 Å². The van der Waals surface area contributed by atoms with E-state index in [0.717, 1.165) is 10.9 Å². The quantitative estimate of drug-likeness (QED) is 0.844. The lowest BCUT2D eigenvalue weighted by atomic mass is 10.1. The minimum atomic E-state index is -1.05. The molecule has 6 nitrogen and oxygen atoms in total. The molecule has 1 heterocycles. The third kappa shape index (κ3) is 4.10. The summed E-state index contributed by atoms with van der Waals surface area (Å²) in [6.45, 7) is 2.21. The Morgan fingerprint density at radius 2 is 1.96 bits per heavy atom. The first-order valence-electron chi connectivity index (χ1n) is 7.51. The van der Waals surface area contributed by atoms with Gasteiger partial charge in [0.2, 0.25) is 5.91 Å². The van der Waals surface area contributed by atoms with Crippen LogP contribution in [0.15, 0.2) is 28.7 Å². The van der Waals surface area contributed by atoms with Crippen molar-refractivity contribution < 1.29 is 19.5 Å². The summed E-state index contributed by atoms with van der Waals surface area (Å²) in [5.74, 6) is -1.54. The van der Waals surface area contributed by atoms with Crippen molar-refractivity contribution in [1.29, 1.82) is 0 Å². The van der Waals surface area contributed by atoms with Crippen molar-refractivity contribution in [2.24, 2.45) is 0 Å². The number of benzene rings is 1. The van der Waals surface area contributed by atoms with Crippen LogP contribution in [0.5, 0.6) is 0 Å². The lowest BCUT2D eigenvalue weighted by Gasteiger charge is -2.29. The smallest absolute Gasteiger partial charge is 0.323 e. The molecule has 0 aliphatic carbocycles. The summed E-state index contributed by atoms with van der Waals surface area (Å²) in [7, 11) is 0. The van der Waals surface area contributed by atoms with E-state index in [0.29, 0.717) is 25.1 Å². The van der Waals surface area contributed by atoms with Crippen LogP contribution >= 0.6 is 15.9 Å². The highest BCUT2D eigenvalue weighted by atomic mass is 79.9. The number of nitrogens with zero attached hydrogens (tertiary/aromatic N) is 2. The monoisotopic (exact) mass is 382 g/mol. The zero-order chi connectivity index (χ0) is 17.0. The third-order valence-corrected chi connectivity index (χ3v) is 4.44. The number of aliphatic carboxylic acids is 1. The predicted octanol–water partition coefficient (Wildman–Crippen LogP) is 1.99. The number of halogens is 1. The highest BCUT2D eigenvalue weighted by Crippen LogP contribution is 2.22. The zero-order valence-corrected chi connectivity index (χ0v) is 14.5. The Bertz CT molecular complexity index is 603. The van der Waals surface area contributed by atoms with Gasteiger partial charge in [0.15, 0.2) is 0 Å². The molecule has 1 fully saturated rings. The van der Waals surface area contributed by atoms with Crippen LogP contribution in [0, 0.1) is 0 Å². The molecule has 1 atom stereocenters. The Hall–Kier alpha value is -1.89. The number of carboxylic acid groups (broad SMARTS) is 1. The van der Waals surface area contributed by atoms with Crippen LogP contribution in [-0.2, 0) is 9.59 Å². The highest BCUT2D eigenvalue weighted by molar-refractivity contribution is 9.10. The molecule has 1 aliphatic heterocycles. The topological polar surface area (TPSA) is 77.9 Å². The van der Waals surface area contributed by atoms with Gasteiger partial charge in [-0.25, -0.2) is 0 Å². The summed E-state index contributed by atoms with van der Waals surface area (Å²) in [4.78, 5) is 38.9. The number of rotatable bonds is 5. The van der Waals surface area contributed by atoms with Gasteiger partial charge in [0.05, 0.1) is 0 Å². The summed E-state index contributed by atoms with van der Waals surface area (Å²) in [5, 5.41) is 8.91. The Morgan fingerprint density at radius 1 is 1.30 bits per heavy atom. The lowest BCUT2D eigenvalue weighted by Crippen LogP contribution is -2.49. The van der Waals surface area contributed by atoms with E-state index < -0.39 is 12.0 Å². The second kappa shape index (κ2) is 7.59. The van der Waals surface area contributed by atoms with E-state index in [1.54, 1.807) is 36.1 Å². The van der Waals surface area contributed by atoms with Crippen LogP contribution in [0.3, 0.4) is 0 Å². The van der Waals surface area contributed by atoms with Crippen molar-refractivity contribution in [3.8, 4) is 0 Å². The second-order valence-corrected chi connectivity index (χ2v) is 6.33. The molecule has 1 saturated heterocycles. The fourth-order valence-electron chi connectivity index (χ4n) is 2.74. The maximum atomic E-state index is 12.6. The third-order valence-electron chi connectivity index (χ3n) is 3.91. The molecule has 1 unspecified atom stereocenters. The largest absolute Gasteiger partial charge is 0.480 e. The first-order chi connectivity index (χ1) is 10.9. The number of carbonyl (C=O) groups excluding carboxylic acids is 2. The predicted molar refractivity (Wildman–Crippen MR) is 88.1 cm³/mol. The molecule has 1 aliphatic rings. The fourth-order valence-corrected chi connectivity index (χ4v) is 3.01. The van der Waals surface area contributed by atoms with E-state index in [1.807, 2.05) is 0 Å². The molecule has 1 aromatic rings. The SMILES string of the molecule is CCN(CC(=O)O)C(=O)C1CCCN1C(=O)c1ccc(Br)cc1. The van der Waals surface area contributed by atoms with E-state index >= 15 is 0 Å². The molecular weight excluding hydrogens is 364 g/mol. The zero-order valence-electron chi connectivity index (χ0n) is 12.9. The van der Waals surface area contributed by atoms with E-state index in [2.05, 4.69) is 15.9 Å². The van der Waals surface area contributed by atoms with Crippen molar-refractivity contribution in [2.75, 3.05) is 19.6 Å². The van der Waals surface area contributed by atoms with Crippen LogP contribution in [0.2, 0.25) is 0 Å². The Labute approximate surface area is 143 Å². The van der Waals surface area contributed by atoms with Crippen LogP contribution in [0.1, 0.15) is 30.1 Å². The summed E-state index contributed by atoms with van der Waals surface area (Å²) < 4.78 is 0.877. The van der Waals surface area contributed by atoms with Gasteiger partial charge in [-0.05, 0) is 44.0 Å². The van der Waals surface area contributed by atoms with Gasteiger partial charge in [-0.3, -0.25) is 14.4 Å². The number of likely N-dealkylation sites (tertiary alicyclic amines) is 1. The van der Waals surface area contributed by atoms with Gasteiger partial charge in [0, 0.05) is 23.1 Å². The first kappa shape index (κ1) is 17.5. The van der Waals surface area contributed by atoms with Gasteiger partial charge in [-0.1, -0.05) is 15.9 Å². The van der Waals surface area contributed by atoms with Crippen LogP contribution in [0.25, 0.3) is 0 Å². The number of carbonyl (C=O) groups is 3. The van der Waals surface area contributed by atoms with Crippen molar-refractivity contribution >= 4 is 33.7 Å². The van der Waals surface area contributed by atoms with E-state index in [4.69, 9.17) is 5.11 Å². The summed E-state index contributed by atoms with van der Waals surface area (Å²) in [6.07, 6.45) is 1.31. The Morgan fingerprint density at radius 3 is 2.52 bits per heavy atom. The maximum Gasteiger partial charge on any atom is 0.323 e. The van der Waals surface area contributed by atoms with Gasteiger partial charge in [0.1, 0.15) is 12.6 Å². The molecule has 0 aromatic heterocycles. The molecule has 2 rings (SSSR count). The number of hydrogen-bond donors (Lipinski definition) is 1.